The standard InChI is InChI=1S/C21H21F3N2O2/c1-27-13-2-3-14(17(10-13)21(22,23)24)12-8-15-16-11-25-5-4-18(16)26-6-7-28-19(9-12)20(15)26/h2-3,8-10,16,18,25H,4-7,11H2,1H3/t16-,18-/m0/s1. The van der Waals surface area contributed by atoms with E-state index >= 15 is 0 Å². The van der Waals surface area contributed by atoms with Crippen LogP contribution >= 0.6 is 0 Å². The molecule has 1 fully saturated rings. The number of alkyl halides is 3. The minimum Gasteiger partial charge on any atom is -0.497 e. The summed E-state index contributed by atoms with van der Waals surface area (Å²) < 4.78 is 52.1. The fraction of sp³-hybridized carbons (Fsp3) is 0.429. The smallest absolute Gasteiger partial charge is 0.417 e. The van der Waals surface area contributed by atoms with Gasteiger partial charge in [0.2, 0.25) is 0 Å². The summed E-state index contributed by atoms with van der Waals surface area (Å²) in [6, 6.07) is 8.20. The highest BCUT2D eigenvalue weighted by Gasteiger charge is 2.43. The first-order valence-electron chi connectivity index (χ1n) is 9.51. The zero-order chi connectivity index (χ0) is 19.5. The molecule has 1 N–H and O–H groups in total. The van der Waals surface area contributed by atoms with Gasteiger partial charge in [-0.15, -0.1) is 0 Å². The molecule has 3 heterocycles. The van der Waals surface area contributed by atoms with Crippen molar-refractivity contribution in [3.63, 3.8) is 0 Å². The number of hydrogen-bond donors (Lipinski definition) is 1. The van der Waals surface area contributed by atoms with Crippen molar-refractivity contribution < 1.29 is 22.6 Å². The van der Waals surface area contributed by atoms with Gasteiger partial charge in [-0.1, -0.05) is 6.07 Å². The van der Waals surface area contributed by atoms with E-state index in [2.05, 4.69) is 10.2 Å². The van der Waals surface area contributed by atoms with Crippen LogP contribution in [0.4, 0.5) is 18.9 Å². The normalized spacial score (nSPS) is 23.1. The van der Waals surface area contributed by atoms with Crippen LogP contribution < -0.4 is 19.7 Å². The van der Waals surface area contributed by atoms with Crippen molar-refractivity contribution in [3.05, 3.63) is 41.5 Å². The third-order valence-corrected chi connectivity index (χ3v) is 6.07. The number of rotatable bonds is 2. The third-order valence-electron chi connectivity index (χ3n) is 6.07. The van der Waals surface area contributed by atoms with Crippen molar-refractivity contribution in [2.75, 3.05) is 38.3 Å². The number of hydrogen-bond acceptors (Lipinski definition) is 4. The molecule has 2 atom stereocenters. The molecule has 5 rings (SSSR count). The van der Waals surface area contributed by atoms with Crippen LogP contribution in [0.3, 0.4) is 0 Å². The molecule has 1 saturated heterocycles. The average Bonchev–Trinajstić information content (AvgIpc) is 3.03. The Kier molecular flexibility index (Phi) is 3.98. The Morgan fingerprint density at radius 3 is 2.86 bits per heavy atom. The summed E-state index contributed by atoms with van der Waals surface area (Å²) in [4.78, 5) is 2.39. The first-order valence-corrected chi connectivity index (χ1v) is 9.51. The zero-order valence-electron chi connectivity index (χ0n) is 15.5. The highest BCUT2D eigenvalue weighted by molar-refractivity contribution is 5.80. The Labute approximate surface area is 161 Å². The predicted octanol–water partition coefficient (Wildman–Crippen LogP) is 4.04. The van der Waals surface area contributed by atoms with E-state index < -0.39 is 11.7 Å². The van der Waals surface area contributed by atoms with E-state index in [1.54, 1.807) is 12.1 Å². The molecule has 0 saturated carbocycles. The maximum Gasteiger partial charge on any atom is 0.417 e. The van der Waals surface area contributed by atoms with Crippen LogP contribution in [-0.2, 0) is 6.18 Å². The van der Waals surface area contributed by atoms with Crippen molar-refractivity contribution in [3.8, 4) is 22.6 Å². The van der Waals surface area contributed by atoms with Crippen molar-refractivity contribution >= 4 is 5.69 Å². The predicted molar refractivity (Wildman–Crippen MR) is 100 cm³/mol. The highest BCUT2D eigenvalue weighted by atomic mass is 19.4. The molecule has 148 valence electrons. The Hall–Kier alpha value is -2.41. The molecule has 0 radical (unpaired) electrons. The van der Waals surface area contributed by atoms with Gasteiger partial charge in [-0.2, -0.15) is 13.2 Å². The van der Waals surface area contributed by atoms with E-state index in [1.165, 1.54) is 13.2 Å². The molecule has 0 aromatic heterocycles. The van der Waals surface area contributed by atoms with Crippen LogP contribution in [0.25, 0.3) is 11.1 Å². The molecule has 0 aliphatic carbocycles. The zero-order valence-corrected chi connectivity index (χ0v) is 15.5. The molecule has 0 amide bonds. The van der Waals surface area contributed by atoms with Gasteiger partial charge in [0.25, 0.3) is 0 Å². The second-order valence-corrected chi connectivity index (χ2v) is 7.53. The van der Waals surface area contributed by atoms with Gasteiger partial charge in [0.05, 0.1) is 24.9 Å². The summed E-state index contributed by atoms with van der Waals surface area (Å²) in [7, 11) is 1.37. The molecule has 3 aliphatic heterocycles. The number of halogens is 3. The number of nitrogens with zero attached hydrogens (tertiary/aromatic N) is 1. The van der Waals surface area contributed by atoms with Gasteiger partial charge in [-0.05, 0) is 53.9 Å². The lowest BCUT2D eigenvalue weighted by Gasteiger charge is -2.36. The third kappa shape index (κ3) is 2.64. The topological polar surface area (TPSA) is 33.7 Å². The van der Waals surface area contributed by atoms with Crippen LogP contribution in [0.2, 0.25) is 0 Å². The van der Waals surface area contributed by atoms with E-state index in [0.29, 0.717) is 24.0 Å². The lowest BCUT2D eigenvalue weighted by molar-refractivity contribution is -0.137. The van der Waals surface area contributed by atoms with Crippen molar-refractivity contribution in [2.45, 2.75) is 24.6 Å². The van der Waals surface area contributed by atoms with Gasteiger partial charge in [0.1, 0.15) is 18.1 Å². The largest absolute Gasteiger partial charge is 0.497 e. The number of nitrogens with one attached hydrogen (secondary N) is 1. The fourth-order valence-corrected chi connectivity index (χ4v) is 4.85. The van der Waals surface area contributed by atoms with Crippen LogP contribution in [0.1, 0.15) is 23.5 Å². The number of benzene rings is 2. The average molecular weight is 390 g/mol. The molecule has 0 bridgehead atoms. The molecular weight excluding hydrogens is 369 g/mol. The molecule has 7 heteroatoms. The first-order chi connectivity index (χ1) is 13.5. The monoisotopic (exact) mass is 390 g/mol. The van der Waals surface area contributed by atoms with E-state index in [1.807, 2.05) is 6.07 Å². The Morgan fingerprint density at radius 2 is 2.07 bits per heavy atom. The minimum absolute atomic E-state index is 0.153. The quantitative estimate of drug-likeness (QED) is 0.839. The van der Waals surface area contributed by atoms with Gasteiger partial charge >= 0.3 is 6.18 Å². The van der Waals surface area contributed by atoms with Crippen LogP contribution in [0, 0.1) is 0 Å². The van der Waals surface area contributed by atoms with Gasteiger partial charge in [0.15, 0.2) is 0 Å². The second-order valence-electron chi connectivity index (χ2n) is 7.53. The number of piperidine rings is 1. The van der Waals surface area contributed by atoms with E-state index in [9.17, 15) is 13.2 Å². The maximum absolute atomic E-state index is 13.7. The van der Waals surface area contributed by atoms with Gasteiger partial charge < -0.3 is 19.7 Å². The van der Waals surface area contributed by atoms with Crippen LogP contribution in [-0.4, -0.2) is 39.4 Å². The Balaban J connectivity index is 1.68. The molecule has 28 heavy (non-hydrogen) atoms. The summed E-state index contributed by atoms with van der Waals surface area (Å²) in [5, 5.41) is 3.43. The van der Waals surface area contributed by atoms with Crippen molar-refractivity contribution in [1.29, 1.82) is 0 Å². The van der Waals surface area contributed by atoms with Crippen molar-refractivity contribution in [2.24, 2.45) is 0 Å². The summed E-state index contributed by atoms with van der Waals surface area (Å²) in [6.45, 7) is 3.19. The maximum atomic E-state index is 13.7. The number of fused-ring (bicyclic) bond motifs is 3. The molecule has 3 aliphatic rings. The van der Waals surface area contributed by atoms with Gasteiger partial charge in [-0.3, -0.25) is 0 Å². The summed E-state index contributed by atoms with van der Waals surface area (Å²) in [5.41, 5.74) is 2.16. The molecule has 0 spiro atoms. The summed E-state index contributed by atoms with van der Waals surface area (Å²) in [5.74, 6) is 1.16. The van der Waals surface area contributed by atoms with Gasteiger partial charge in [0, 0.05) is 18.5 Å². The number of methoxy groups -OCH3 is 1. The lowest BCUT2D eigenvalue weighted by atomic mass is 9.88. The molecule has 4 nitrogen and oxygen atoms in total. The SMILES string of the molecule is COc1ccc(-c2cc3c4c(c2)[C@@H]2CNCC[C@@H]2N4CCO3)c(C(F)(F)F)c1. The lowest BCUT2D eigenvalue weighted by Crippen LogP contribution is -2.46. The van der Waals surface area contributed by atoms with Gasteiger partial charge in [-0.25, -0.2) is 0 Å². The van der Waals surface area contributed by atoms with Crippen molar-refractivity contribution in [1.82, 2.24) is 5.32 Å². The van der Waals surface area contributed by atoms with E-state index in [4.69, 9.17) is 9.47 Å². The second kappa shape index (κ2) is 6.30. The van der Waals surface area contributed by atoms with E-state index in [0.717, 1.165) is 43.4 Å². The summed E-state index contributed by atoms with van der Waals surface area (Å²) in [6.07, 6.45) is -3.44. The molecule has 0 unspecified atom stereocenters. The van der Waals surface area contributed by atoms with Crippen LogP contribution in [0.15, 0.2) is 30.3 Å². The summed E-state index contributed by atoms with van der Waals surface area (Å²) >= 11 is 0. The minimum atomic E-state index is -4.47. The van der Waals surface area contributed by atoms with E-state index in [-0.39, 0.29) is 17.2 Å². The fourth-order valence-electron chi connectivity index (χ4n) is 4.85. The first kappa shape index (κ1) is 17.7. The van der Waals surface area contributed by atoms with Crippen LogP contribution in [0.5, 0.6) is 11.5 Å². The highest BCUT2D eigenvalue weighted by Crippen LogP contribution is 2.52. The molecular formula is C21H21F3N2O2. The molecule has 2 aromatic rings. The Morgan fingerprint density at radius 1 is 1.21 bits per heavy atom. The molecule has 2 aromatic carbocycles. The Bertz CT molecular complexity index is 929. The number of ether oxygens (including phenoxy) is 2. The number of anilines is 1.